The monoisotopic (exact) mass is 512 g/mol. The maximum atomic E-state index is 12.6. The van der Waals surface area contributed by atoms with E-state index in [1.807, 2.05) is 34.6 Å². The van der Waals surface area contributed by atoms with Crippen molar-refractivity contribution in [1.82, 2.24) is 0 Å². The van der Waals surface area contributed by atoms with Crippen LogP contribution in [0.3, 0.4) is 0 Å². The molecule has 2 aromatic rings. The van der Waals surface area contributed by atoms with Gasteiger partial charge >= 0.3 is 0 Å². The third-order valence-electron chi connectivity index (χ3n) is 5.92. The Morgan fingerprint density at radius 3 is 1.35 bits per heavy atom. The van der Waals surface area contributed by atoms with Gasteiger partial charge in [0.2, 0.25) is 0 Å². The lowest BCUT2D eigenvalue weighted by Gasteiger charge is -2.36. The van der Waals surface area contributed by atoms with Crippen LogP contribution in [0, 0.1) is 19.3 Å². The molecular formula is C24H32O8S2. The molecule has 0 aromatic heterocycles. The summed E-state index contributed by atoms with van der Waals surface area (Å²) in [5.41, 5.74) is 1.34. The van der Waals surface area contributed by atoms with Gasteiger partial charge in [-0.2, -0.15) is 16.8 Å². The van der Waals surface area contributed by atoms with E-state index in [2.05, 4.69) is 0 Å². The van der Waals surface area contributed by atoms with Crippen LogP contribution in [0.25, 0.3) is 0 Å². The van der Waals surface area contributed by atoms with Crippen LogP contribution in [0.15, 0.2) is 58.3 Å². The summed E-state index contributed by atoms with van der Waals surface area (Å²) >= 11 is 0. The Kier molecular flexibility index (Phi) is 7.62. The highest BCUT2D eigenvalue weighted by Crippen LogP contribution is 2.42. The molecule has 0 radical (unpaired) electrons. The minimum Gasteiger partial charge on any atom is -0.341 e. The van der Waals surface area contributed by atoms with Gasteiger partial charge in [-0.15, -0.1) is 0 Å². The fraction of sp³-hybridized carbons (Fsp3) is 0.500. The molecule has 2 aromatic carbocycles. The lowest BCUT2D eigenvalue weighted by Crippen LogP contribution is -2.42. The van der Waals surface area contributed by atoms with E-state index in [0.717, 1.165) is 11.1 Å². The summed E-state index contributed by atoms with van der Waals surface area (Å²) in [6.45, 7) is 10.4. The highest BCUT2D eigenvalue weighted by Gasteiger charge is 2.52. The molecule has 0 N–H and O–H groups in total. The molecule has 0 unspecified atom stereocenters. The second-order valence-electron chi connectivity index (χ2n) is 9.61. The van der Waals surface area contributed by atoms with E-state index in [4.69, 9.17) is 17.8 Å². The Balaban J connectivity index is 1.76. The van der Waals surface area contributed by atoms with Crippen molar-refractivity contribution in [2.75, 3.05) is 13.2 Å². The summed E-state index contributed by atoms with van der Waals surface area (Å²) in [7, 11) is -8.09. The van der Waals surface area contributed by atoms with Crippen LogP contribution in [-0.2, 0) is 38.1 Å². The first kappa shape index (κ1) is 26.8. The zero-order valence-electron chi connectivity index (χ0n) is 20.3. The number of ether oxygens (including phenoxy) is 2. The van der Waals surface area contributed by atoms with Crippen molar-refractivity contribution in [3.8, 4) is 0 Å². The molecule has 3 rings (SSSR count). The quantitative estimate of drug-likeness (QED) is 0.490. The van der Waals surface area contributed by atoms with E-state index in [0.29, 0.717) is 0 Å². The molecule has 0 bridgehead atoms. The summed E-state index contributed by atoms with van der Waals surface area (Å²) in [5, 5.41) is 0. The molecule has 1 heterocycles. The summed E-state index contributed by atoms with van der Waals surface area (Å²) in [6.07, 6.45) is -1.75. The predicted octanol–water partition coefficient (Wildman–Crippen LogP) is 3.96. The summed E-state index contributed by atoms with van der Waals surface area (Å²) in [5.74, 6) is -1.11. The van der Waals surface area contributed by atoms with Gasteiger partial charge in [-0.3, -0.25) is 8.37 Å². The summed E-state index contributed by atoms with van der Waals surface area (Å²) in [6, 6.07) is 12.6. The molecule has 1 aliphatic heterocycles. The molecule has 0 saturated carbocycles. The van der Waals surface area contributed by atoms with Crippen molar-refractivity contribution in [2.45, 2.75) is 69.3 Å². The van der Waals surface area contributed by atoms with E-state index in [1.165, 1.54) is 24.3 Å². The van der Waals surface area contributed by atoms with Gasteiger partial charge in [-0.25, -0.2) is 0 Å². The zero-order valence-corrected chi connectivity index (χ0v) is 21.9. The first-order valence-corrected chi connectivity index (χ1v) is 13.7. The lowest BCUT2D eigenvalue weighted by molar-refractivity contribution is -0.226. The van der Waals surface area contributed by atoms with Gasteiger partial charge in [0.25, 0.3) is 20.2 Å². The van der Waals surface area contributed by atoms with Gasteiger partial charge in [0.1, 0.15) is 12.2 Å². The highest BCUT2D eigenvalue weighted by molar-refractivity contribution is 7.87. The van der Waals surface area contributed by atoms with Gasteiger partial charge in [0.05, 0.1) is 23.0 Å². The highest BCUT2D eigenvalue weighted by atomic mass is 32.2. The van der Waals surface area contributed by atoms with Crippen LogP contribution in [0.5, 0.6) is 0 Å². The van der Waals surface area contributed by atoms with Gasteiger partial charge in [0, 0.05) is 5.41 Å². The number of hydrogen-bond donors (Lipinski definition) is 0. The van der Waals surface area contributed by atoms with Crippen LogP contribution in [0.1, 0.15) is 38.8 Å². The topological polar surface area (TPSA) is 105 Å². The third-order valence-corrected chi connectivity index (χ3v) is 8.52. The molecular weight excluding hydrogens is 480 g/mol. The minimum atomic E-state index is -4.05. The van der Waals surface area contributed by atoms with Crippen LogP contribution < -0.4 is 0 Å². The Labute approximate surface area is 202 Å². The van der Waals surface area contributed by atoms with E-state index < -0.39 is 43.6 Å². The van der Waals surface area contributed by atoms with Gasteiger partial charge < -0.3 is 9.47 Å². The van der Waals surface area contributed by atoms with Crippen molar-refractivity contribution in [1.29, 1.82) is 0 Å². The van der Waals surface area contributed by atoms with E-state index >= 15 is 0 Å². The van der Waals surface area contributed by atoms with E-state index in [-0.39, 0.29) is 23.0 Å². The molecule has 34 heavy (non-hydrogen) atoms. The molecule has 10 heteroatoms. The number of rotatable bonds is 8. The van der Waals surface area contributed by atoms with Crippen molar-refractivity contribution in [3.63, 3.8) is 0 Å². The second-order valence-corrected chi connectivity index (χ2v) is 12.8. The van der Waals surface area contributed by atoms with Crippen molar-refractivity contribution >= 4 is 20.2 Å². The Morgan fingerprint density at radius 2 is 1.06 bits per heavy atom. The van der Waals surface area contributed by atoms with Crippen molar-refractivity contribution in [2.24, 2.45) is 5.41 Å². The molecule has 1 fully saturated rings. The average molecular weight is 513 g/mol. The van der Waals surface area contributed by atoms with Crippen LogP contribution in [0.2, 0.25) is 0 Å². The largest absolute Gasteiger partial charge is 0.341 e. The second kappa shape index (κ2) is 9.67. The molecule has 0 spiro atoms. The third kappa shape index (κ3) is 6.05. The van der Waals surface area contributed by atoms with Gasteiger partial charge in [0.15, 0.2) is 5.79 Å². The Bertz CT molecular complexity index is 1110. The lowest BCUT2D eigenvalue weighted by atomic mass is 9.87. The van der Waals surface area contributed by atoms with Crippen molar-refractivity contribution in [3.05, 3.63) is 59.7 Å². The fourth-order valence-electron chi connectivity index (χ4n) is 3.25. The van der Waals surface area contributed by atoms with E-state index in [9.17, 15) is 16.8 Å². The van der Waals surface area contributed by atoms with Gasteiger partial charge in [-0.1, -0.05) is 56.2 Å². The fourth-order valence-corrected chi connectivity index (χ4v) is 5.09. The average Bonchev–Trinajstić information content (AvgIpc) is 3.09. The molecule has 2 atom stereocenters. The molecule has 0 amide bonds. The maximum absolute atomic E-state index is 12.6. The predicted molar refractivity (Wildman–Crippen MR) is 126 cm³/mol. The first-order valence-electron chi connectivity index (χ1n) is 10.9. The number of aryl methyl sites for hydroxylation is 2. The Hall–Kier alpha value is -1.82. The Morgan fingerprint density at radius 1 is 0.735 bits per heavy atom. The van der Waals surface area contributed by atoms with Crippen LogP contribution in [-0.4, -0.2) is 48.0 Å². The molecule has 1 aliphatic rings. The molecule has 1 saturated heterocycles. The first-order chi connectivity index (χ1) is 15.6. The standard InChI is InChI=1S/C24H32O8S2/c1-17-7-11-19(12-8-17)33(25,26)29-15-21-22(32-24(6,31-21)23(3,4)5)16-30-34(27,28)20-13-9-18(2)10-14-20/h7-14,21-22H,15-16H2,1-6H3/t21-,22-/m0/s1. The number of benzene rings is 2. The van der Waals surface area contributed by atoms with Crippen LogP contribution >= 0.6 is 0 Å². The smallest absolute Gasteiger partial charge is 0.297 e. The zero-order chi connectivity index (χ0) is 25.4. The van der Waals surface area contributed by atoms with Crippen molar-refractivity contribution < 1.29 is 34.7 Å². The van der Waals surface area contributed by atoms with Gasteiger partial charge in [-0.05, 0) is 45.0 Å². The summed E-state index contributed by atoms with van der Waals surface area (Å²) < 4.78 is 73.3. The molecule has 188 valence electrons. The summed E-state index contributed by atoms with van der Waals surface area (Å²) in [4.78, 5) is 0.0377. The SMILES string of the molecule is Cc1ccc(S(=O)(=O)OC[C@@H]2OC(C)(C(C)(C)C)O[C@H]2COS(=O)(=O)c2ccc(C)cc2)cc1. The maximum Gasteiger partial charge on any atom is 0.297 e. The molecule has 0 aliphatic carbocycles. The van der Waals surface area contributed by atoms with Crippen LogP contribution in [0.4, 0.5) is 0 Å². The number of hydrogen-bond acceptors (Lipinski definition) is 8. The van der Waals surface area contributed by atoms with E-state index in [1.54, 1.807) is 31.2 Å². The molecule has 8 nitrogen and oxygen atoms in total. The normalized spacial score (nSPS) is 21.0. The minimum absolute atomic E-state index is 0.0188.